The molecule has 1 rings (SSSR count). The lowest BCUT2D eigenvalue weighted by molar-refractivity contribution is 0.583. The summed E-state index contributed by atoms with van der Waals surface area (Å²) in [7, 11) is -3.46. The molecule has 3 N–H and O–H groups in total. The zero-order valence-corrected chi connectivity index (χ0v) is 9.84. The zero-order valence-electron chi connectivity index (χ0n) is 9.03. The smallest absolute Gasteiger partial charge is 0.241 e. The number of sulfonamides is 1. The van der Waals surface area contributed by atoms with Gasteiger partial charge in [-0.2, -0.15) is 0 Å². The average Bonchev–Trinajstić information content (AvgIpc) is 2.26. The molecule has 0 bridgehead atoms. The molecule has 4 nitrogen and oxygen atoms in total. The summed E-state index contributed by atoms with van der Waals surface area (Å²) in [6.45, 7) is 2.28. The van der Waals surface area contributed by atoms with Gasteiger partial charge in [0, 0.05) is 12.1 Å². The van der Waals surface area contributed by atoms with Crippen molar-refractivity contribution < 1.29 is 8.42 Å². The molecule has 0 unspecified atom stereocenters. The number of benzene rings is 1. The van der Waals surface area contributed by atoms with Gasteiger partial charge >= 0.3 is 0 Å². The summed E-state index contributed by atoms with van der Waals surface area (Å²) >= 11 is 0. The molecule has 0 heterocycles. The van der Waals surface area contributed by atoms with E-state index >= 15 is 0 Å². The Morgan fingerprint density at radius 3 is 2.69 bits per heavy atom. The second-order valence-electron chi connectivity index (χ2n) is 3.00. The van der Waals surface area contributed by atoms with E-state index in [1.807, 2.05) is 0 Å². The Kier molecular flexibility index (Phi) is 4.50. The van der Waals surface area contributed by atoms with Crippen LogP contribution in [0.3, 0.4) is 0 Å². The maximum absolute atomic E-state index is 11.8. The minimum atomic E-state index is -3.46. The normalized spacial score (nSPS) is 10.6. The molecule has 1 aromatic rings. The van der Waals surface area contributed by atoms with E-state index in [2.05, 4.69) is 16.6 Å². The largest absolute Gasteiger partial charge is 0.320 e. The van der Waals surface area contributed by atoms with Gasteiger partial charge in [0.2, 0.25) is 10.0 Å². The second-order valence-corrected chi connectivity index (χ2v) is 4.74. The third kappa shape index (κ3) is 3.07. The van der Waals surface area contributed by atoms with Gasteiger partial charge in [-0.05, 0) is 12.1 Å². The third-order valence-corrected chi connectivity index (χ3v) is 3.44. The molecule has 16 heavy (non-hydrogen) atoms. The summed E-state index contributed by atoms with van der Waals surface area (Å²) in [6.07, 6.45) is 0. The third-order valence-electron chi connectivity index (χ3n) is 1.84. The van der Waals surface area contributed by atoms with Crippen molar-refractivity contribution in [2.45, 2.75) is 11.8 Å². The highest BCUT2D eigenvalue weighted by Gasteiger charge is 2.15. The average molecular weight is 238 g/mol. The van der Waals surface area contributed by atoms with Crippen LogP contribution in [0.4, 0.5) is 0 Å². The van der Waals surface area contributed by atoms with Crippen LogP contribution in [0.15, 0.2) is 29.2 Å². The van der Waals surface area contributed by atoms with Crippen molar-refractivity contribution in [1.82, 2.24) is 4.72 Å². The van der Waals surface area contributed by atoms with Gasteiger partial charge in [-0.25, -0.2) is 13.1 Å². The van der Waals surface area contributed by atoms with E-state index in [0.29, 0.717) is 12.1 Å². The standard InChI is InChI=1S/C11H14N2O2S/c1-2-13-16(14,15)11-8-4-3-6-10(11)7-5-9-12/h3-4,6,8,13H,2,9,12H2,1H3. The minimum Gasteiger partial charge on any atom is -0.320 e. The number of hydrogen-bond donors (Lipinski definition) is 2. The van der Waals surface area contributed by atoms with Gasteiger partial charge < -0.3 is 5.73 Å². The monoisotopic (exact) mass is 238 g/mol. The van der Waals surface area contributed by atoms with Crippen LogP contribution in [0.1, 0.15) is 12.5 Å². The quantitative estimate of drug-likeness (QED) is 0.744. The highest BCUT2D eigenvalue weighted by molar-refractivity contribution is 7.89. The molecule has 0 saturated carbocycles. The van der Waals surface area contributed by atoms with Crippen molar-refractivity contribution in [3.8, 4) is 11.8 Å². The van der Waals surface area contributed by atoms with Gasteiger partial charge in [-0.3, -0.25) is 0 Å². The Bertz CT molecular complexity index is 512. The Morgan fingerprint density at radius 2 is 2.06 bits per heavy atom. The molecule has 1 aromatic carbocycles. The number of nitrogens with two attached hydrogens (primary N) is 1. The second kappa shape index (κ2) is 5.66. The van der Waals surface area contributed by atoms with E-state index in [-0.39, 0.29) is 11.4 Å². The van der Waals surface area contributed by atoms with Crippen molar-refractivity contribution in [1.29, 1.82) is 0 Å². The van der Waals surface area contributed by atoms with Crippen LogP contribution in [0.5, 0.6) is 0 Å². The van der Waals surface area contributed by atoms with E-state index in [0.717, 1.165) is 0 Å². The molecule has 0 saturated heterocycles. The molecule has 5 heteroatoms. The summed E-state index contributed by atoms with van der Waals surface area (Å²) in [5.41, 5.74) is 5.72. The Balaban J connectivity index is 3.23. The molecule has 86 valence electrons. The minimum absolute atomic E-state index is 0.192. The molecular weight excluding hydrogens is 224 g/mol. The first kappa shape index (κ1) is 12.7. The molecule has 0 aliphatic rings. The van der Waals surface area contributed by atoms with E-state index in [4.69, 9.17) is 5.73 Å². The van der Waals surface area contributed by atoms with Gasteiger partial charge in [0.15, 0.2) is 0 Å². The molecule has 0 aromatic heterocycles. The lowest BCUT2D eigenvalue weighted by Gasteiger charge is -2.06. The summed E-state index contributed by atoms with van der Waals surface area (Å²) in [5, 5.41) is 0. The van der Waals surface area contributed by atoms with Crippen LogP contribution in [0.25, 0.3) is 0 Å². The zero-order chi connectivity index (χ0) is 12.0. The van der Waals surface area contributed by atoms with Gasteiger partial charge in [-0.15, -0.1) is 0 Å². The molecule has 0 radical (unpaired) electrons. The van der Waals surface area contributed by atoms with Crippen molar-refractivity contribution in [3.63, 3.8) is 0 Å². The molecular formula is C11H14N2O2S. The SMILES string of the molecule is CCNS(=O)(=O)c1ccccc1C#CCN. The van der Waals surface area contributed by atoms with Crippen LogP contribution in [-0.2, 0) is 10.0 Å². The highest BCUT2D eigenvalue weighted by atomic mass is 32.2. The van der Waals surface area contributed by atoms with Crippen LogP contribution in [-0.4, -0.2) is 21.5 Å². The Hall–Kier alpha value is -1.35. The summed E-state index contributed by atoms with van der Waals surface area (Å²) in [5.74, 6) is 5.39. The summed E-state index contributed by atoms with van der Waals surface area (Å²) < 4.78 is 26.0. The highest BCUT2D eigenvalue weighted by Crippen LogP contribution is 2.13. The van der Waals surface area contributed by atoms with Crippen molar-refractivity contribution in [3.05, 3.63) is 29.8 Å². The Morgan fingerprint density at radius 1 is 1.38 bits per heavy atom. The number of rotatable bonds is 3. The van der Waals surface area contributed by atoms with Crippen LogP contribution < -0.4 is 10.5 Å². The van der Waals surface area contributed by atoms with Gasteiger partial charge in [0.1, 0.15) is 0 Å². The van der Waals surface area contributed by atoms with Gasteiger partial charge in [-0.1, -0.05) is 30.9 Å². The maximum atomic E-state index is 11.8. The molecule has 0 atom stereocenters. The number of nitrogens with one attached hydrogen (secondary N) is 1. The molecule has 0 spiro atoms. The van der Waals surface area contributed by atoms with E-state index in [9.17, 15) is 8.42 Å². The Labute approximate surface area is 95.9 Å². The van der Waals surface area contributed by atoms with Gasteiger partial charge in [0.25, 0.3) is 0 Å². The molecule has 0 aliphatic heterocycles. The van der Waals surface area contributed by atoms with Crippen molar-refractivity contribution in [2.75, 3.05) is 13.1 Å². The predicted molar refractivity (Wildman–Crippen MR) is 63.2 cm³/mol. The van der Waals surface area contributed by atoms with E-state index < -0.39 is 10.0 Å². The van der Waals surface area contributed by atoms with Crippen molar-refractivity contribution in [2.24, 2.45) is 5.73 Å². The maximum Gasteiger partial charge on any atom is 0.241 e. The van der Waals surface area contributed by atoms with E-state index in [1.54, 1.807) is 25.1 Å². The summed E-state index contributed by atoms with van der Waals surface area (Å²) in [6, 6.07) is 6.59. The predicted octanol–water partition coefficient (Wildman–Crippen LogP) is 0.295. The first-order valence-corrected chi connectivity index (χ1v) is 6.37. The lowest BCUT2D eigenvalue weighted by atomic mass is 10.2. The van der Waals surface area contributed by atoms with E-state index in [1.165, 1.54) is 6.07 Å². The van der Waals surface area contributed by atoms with Crippen molar-refractivity contribution >= 4 is 10.0 Å². The fraction of sp³-hybridized carbons (Fsp3) is 0.273. The first-order valence-electron chi connectivity index (χ1n) is 4.89. The van der Waals surface area contributed by atoms with Gasteiger partial charge in [0.05, 0.1) is 11.4 Å². The molecule has 0 aliphatic carbocycles. The topological polar surface area (TPSA) is 72.2 Å². The van der Waals surface area contributed by atoms with Crippen LogP contribution in [0.2, 0.25) is 0 Å². The fourth-order valence-electron chi connectivity index (χ4n) is 1.22. The van der Waals surface area contributed by atoms with Crippen LogP contribution in [0, 0.1) is 11.8 Å². The number of hydrogen-bond acceptors (Lipinski definition) is 3. The lowest BCUT2D eigenvalue weighted by Crippen LogP contribution is -2.23. The van der Waals surface area contributed by atoms with Crippen LogP contribution >= 0.6 is 0 Å². The summed E-state index contributed by atoms with van der Waals surface area (Å²) in [4.78, 5) is 0.192. The first-order chi connectivity index (χ1) is 7.61. The molecule has 0 fully saturated rings. The fourth-order valence-corrected chi connectivity index (χ4v) is 2.42. The molecule has 0 amide bonds.